The van der Waals surface area contributed by atoms with Crippen LogP contribution in [0.2, 0.25) is 0 Å². The molecule has 0 aromatic carbocycles. The van der Waals surface area contributed by atoms with Gasteiger partial charge in [-0.15, -0.1) is 0 Å². The zero-order valence-electron chi connectivity index (χ0n) is 10.5. The molecule has 1 fully saturated rings. The van der Waals surface area contributed by atoms with Gasteiger partial charge >= 0.3 is 0 Å². The number of nitrogens with one attached hydrogen (secondary N) is 1. The van der Waals surface area contributed by atoms with E-state index in [0.29, 0.717) is 6.10 Å². The van der Waals surface area contributed by atoms with Crippen molar-refractivity contribution in [2.75, 3.05) is 33.8 Å². The number of ether oxygens (including phenoxy) is 1. The summed E-state index contributed by atoms with van der Waals surface area (Å²) in [6.07, 6.45) is 5.41. The van der Waals surface area contributed by atoms with Crippen LogP contribution in [-0.4, -0.2) is 50.8 Å². The molecule has 3 nitrogen and oxygen atoms in total. The highest BCUT2D eigenvalue weighted by molar-refractivity contribution is 4.75. The Morgan fingerprint density at radius 1 is 1.53 bits per heavy atom. The van der Waals surface area contributed by atoms with Crippen LogP contribution >= 0.6 is 0 Å². The predicted molar refractivity (Wildman–Crippen MR) is 64.2 cm³/mol. The SMILES string of the molecule is CNCCC(C)OCCC1CCCN1C. The molecule has 0 bridgehead atoms. The molecule has 0 saturated carbocycles. The van der Waals surface area contributed by atoms with Gasteiger partial charge in [0.25, 0.3) is 0 Å². The molecule has 1 aliphatic rings. The van der Waals surface area contributed by atoms with Gasteiger partial charge in [0.1, 0.15) is 0 Å². The van der Waals surface area contributed by atoms with Gasteiger partial charge in [-0.25, -0.2) is 0 Å². The van der Waals surface area contributed by atoms with E-state index in [4.69, 9.17) is 4.74 Å². The van der Waals surface area contributed by atoms with Crippen molar-refractivity contribution in [3.8, 4) is 0 Å². The molecule has 2 atom stereocenters. The van der Waals surface area contributed by atoms with Gasteiger partial charge in [0, 0.05) is 12.6 Å². The third-order valence-electron chi connectivity index (χ3n) is 3.33. The van der Waals surface area contributed by atoms with Crippen molar-refractivity contribution in [2.45, 2.75) is 44.8 Å². The maximum atomic E-state index is 5.79. The molecule has 0 amide bonds. The van der Waals surface area contributed by atoms with Crippen molar-refractivity contribution >= 4 is 0 Å². The number of likely N-dealkylation sites (tertiary alicyclic amines) is 1. The van der Waals surface area contributed by atoms with E-state index >= 15 is 0 Å². The molecule has 0 radical (unpaired) electrons. The molecule has 0 spiro atoms. The predicted octanol–water partition coefficient (Wildman–Crippen LogP) is 1.49. The van der Waals surface area contributed by atoms with Gasteiger partial charge in [0.15, 0.2) is 0 Å². The van der Waals surface area contributed by atoms with E-state index in [0.717, 1.165) is 25.6 Å². The van der Waals surface area contributed by atoms with Crippen molar-refractivity contribution in [1.82, 2.24) is 10.2 Å². The third kappa shape index (κ3) is 4.96. The minimum absolute atomic E-state index is 0.393. The Bertz CT molecular complexity index is 164. The average Bonchev–Trinajstić information content (AvgIpc) is 2.61. The number of hydrogen-bond acceptors (Lipinski definition) is 3. The lowest BCUT2D eigenvalue weighted by atomic mass is 10.1. The van der Waals surface area contributed by atoms with Crippen molar-refractivity contribution in [3.63, 3.8) is 0 Å². The van der Waals surface area contributed by atoms with Crippen molar-refractivity contribution in [1.29, 1.82) is 0 Å². The third-order valence-corrected chi connectivity index (χ3v) is 3.33. The van der Waals surface area contributed by atoms with Crippen LogP contribution in [0.1, 0.15) is 32.6 Å². The average molecular weight is 214 g/mol. The maximum Gasteiger partial charge on any atom is 0.0559 e. The Kier molecular flexibility index (Phi) is 6.22. The molecule has 1 saturated heterocycles. The largest absolute Gasteiger partial charge is 0.378 e. The van der Waals surface area contributed by atoms with E-state index in [-0.39, 0.29) is 0 Å². The molecule has 1 N–H and O–H groups in total. The van der Waals surface area contributed by atoms with Crippen LogP contribution in [-0.2, 0) is 4.74 Å². The van der Waals surface area contributed by atoms with E-state index < -0.39 is 0 Å². The molecular weight excluding hydrogens is 188 g/mol. The second-order valence-electron chi connectivity index (χ2n) is 4.64. The lowest BCUT2D eigenvalue weighted by molar-refractivity contribution is 0.0491. The molecule has 1 aliphatic heterocycles. The van der Waals surface area contributed by atoms with Gasteiger partial charge in [-0.05, 0) is 59.8 Å². The second-order valence-corrected chi connectivity index (χ2v) is 4.64. The fourth-order valence-corrected chi connectivity index (χ4v) is 2.18. The highest BCUT2D eigenvalue weighted by Gasteiger charge is 2.20. The Morgan fingerprint density at radius 3 is 2.93 bits per heavy atom. The Hall–Kier alpha value is -0.120. The molecule has 1 heterocycles. The van der Waals surface area contributed by atoms with Gasteiger partial charge in [0.2, 0.25) is 0 Å². The number of hydrogen-bond donors (Lipinski definition) is 1. The molecule has 3 heteroatoms. The lowest BCUT2D eigenvalue weighted by Gasteiger charge is -2.20. The summed E-state index contributed by atoms with van der Waals surface area (Å²) >= 11 is 0. The zero-order valence-corrected chi connectivity index (χ0v) is 10.5. The quantitative estimate of drug-likeness (QED) is 0.695. The number of nitrogens with zero attached hydrogens (tertiary/aromatic N) is 1. The first-order valence-electron chi connectivity index (χ1n) is 6.20. The molecule has 0 aliphatic carbocycles. The zero-order chi connectivity index (χ0) is 11.1. The highest BCUT2D eigenvalue weighted by Crippen LogP contribution is 2.17. The molecule has 2 unspecified atom stereocenters. The summed E-state index contributed by atoms with van der Waals surface area (Å²) in [4.78, 5) is 2.46. The summed E-state index contributed by atoms with van der Waals surface area (Å²) in [7, 11) is 4.21. The maximum absolute atomic E-state index is 5.79. The van der Waals surface area contributed by atoms with Crippen LogP contribution in [0.15, 0.2) is 0 Å². The minimum Gasteiger partial charge on any atom is -0.378 e. The van der Waals surface area contributed by atoms with Gasteiger partial charge in [-0.3, -0.25) is 0 Å². The molecule has 0 aromatic heterocycles. The van der Waals surface area contributed by atoms with Gasteiger partial charge in [0.05, 0.1) is 6.10 Å². The lowest BCUT2D eigenvalue weighted by Crippen LogP contribution is -2.27. The first kappa shape index (κ1) is 12.9. The molecule has 1 rings (SSSR count). The van der Waals surface area contributed by atoms with Crippen molar-refractivity contribution < 1.29 is 4.74 Å². The van der Waals surface area contributed by atoms with Crippen LogP contribution in [0.3, 0.4) is 0 Å². The van der Waals surface area contributed by atoms with Crippen LogP contribution in [0.25, 0.3) is 0 Å². The Morgan fingerprint density at radius 2 is 2.33 bits per heavy atom. The van der Waals surface area contributed by atoms with Gasteiger partial charge < -0.3 is 15.0 Å². The van der Waals surface area contributed by atoms with Crippen molar-refractivity contribution in [3.05, 3.63) is 0 Å². The van der Waals surface area contributed by atoms with E-state index in [9.17, 15) is 0 Å². The fraction of sp³-hybridized carbons (Fsp3) is 1.00. The fourth-order valence-electron chi connectivity index (χ4n) is 2.18. The summed E-state index contributed by atoms with van der Waals surface area (Å²) in [6.45, 7) is 5.39. The highest BCUT2D eigenvalue weighted by atomic mass is 16.5. The monoisotopic (exact) mass is 214 g/mol. The second kappa shape index (κ2) is 7.20. The van der Waals surface area contributed by atoms with Crippen LogP contribution in [0.4, 0.5) is 0 Å². The smallest absolute Gasteiger partial charge is 0.0559 e. The number of rotatable bonds is 7. The first-order chi connectivity index (χ1) is 7.24. The first-order valence-corrected chi connectivity index (χ1v) is 6.20. The van der Waals surface area contributed by atoms with E-state index in [2.05, 4.69) is 24.2 Å². The van der Waals surface area contributed by atoms with E-state index in [1.165, 1.54) is 25.8 Å². The van der Waals surface area contributed by atoms with Gasteiger partial charge in [-0.1, -0.05) is 0 Å². The Balaban J connectivity index is 2.00. The summed E-state index contributed by atoms with van der Waals surface area (Å²) in [6, 6.07) is 0.765. The van der Waals surface area contributed by atoms with Crippen LogP contribution in [0.5, 0.6) is 0 Å². The van der Waals surface area contributed by atoms with Crippen LogP contribution in [0, 0.1) is 0 Å². The van der Waals surface area contributed by atoms with E-state index in [1.54, 1.807) is 0 Å². The van der Waals surface area contributed by atoms with Gasteiger partial charge in [-0.2, -0.15) is 0 Å². The summed E-state index contributed by atoms with van der Waals surface area (Å²) < 4.78 is 5.79. The standard InChI is InChI=1S/C12H26N2O/c1-11(6-8-13-2)15-10-7-12-5-4-9-14(12)3/h11-13H,4-10H2,1-3H3. The topological polar surface area (TPSA) is 24.5 Å². The molecule has 90 valence electrons. The normalized spacial score (nSPS) is 24.6. The summed E-state index contributed by atoms with van der Waals surface area (Å²) in [5.74, 6) is 0. The minimum atomic E-state index is 0.393. The summed E-state index contributed by atoms with van der Waals surface area (Å²) in [5, 5.41) is 3.15. The molecule has 15 heavy (non-hydrogen) atoms. The Labute approximate surface area is 94.2 Å². The van der Waals surface area contributed by atoms with Crippen molar-refractivity contribution in [2.24, 2.45) is 0 Å². The molecular formula is C12H26N2O. The summed E-state index contributed by atoms with van der Waals surface area (Å²) in [5.41, 5.74) is 0. The van der Waals surface area contributed by atoms with E-state index in [1.807, 2.05) is 7.05 Å². The van der Waals surface area contributed by atoms with Crippen LogP contribution < -0.4 is 5.32 Å². The molecule has 0 aromatic rings.